The molecule has 0 aliphatic carbocycles. The molecule has 0 saturated carbocycles. The number of likely N-dealkylation sites (tertiary alicyclic amines) is 1. The van der Waals surface area contributed by atoms with Crippen molar-refractivity contribution >= 4 is 5.91 Å². The molecule has 144 valence electrons. The third-order valence-electron chi connectivity index (χ3n) is 5.78. The first-order valence-corrected chi connectivity index (χ1v) is 9.91. The second-order valence-electron chi connectivity index (χ2n) is 8.04. The zero-order valence-electron chi connectivity index (χ0n) is 16.5. The van der Waals surface area contributed by atoms with Crippen LogP contribution in [0, 0.1) is 12.8 Å². The van der Waals surface area contributed by atoms with E-state index >= 15 is 0 Å². The molecule has 5 nitrogen and oxygen atoms in total. The van der Waals surface area contributed by atoms with Crippen LogP contribution in [0.3, 0.4) is 0 Å². The molecule has 0 bridgehead atoms. The number of carbonyl (C=O) groups excluding carboxylic acids is 1. The maximum absolute atomic E-state index is 12.4. The molecule has 1 atom stereocenters. The van der Waals surface area contributed by atoms with Crippen LogP contribution in [0.2, 0.25) is 0 Å². The van der Waals surface area contributed by atoms with Crippen molar-refractivity contribution in [1.82, 2.24) is 14.7 Å². The molecule has 5 heteroatoms. The second kappa shape index (κ2) is 8.87. The van der Waals surface area contributed by atoms with E-state index < -0.39 is 0 Å². The summed E-state index contributed by atoms with van der Waals surface area (Å²) in [7, 11) is 2.21. The van der Waals surface area contributed by atoms with Crippen LogP contribution in [-0.2, 0) is 4.79 Å². The molecule has 0 aromatic heterocycles. The Morgan fingerprint density at radius 3 is 2.65 bits per heavy atom. The van der Waals surface area contributed by atoms with E-state index in [1.165, 1.54) is 13.1 Å². The van der Waals surface area contributed by atoms with Gasteiger partial charge >= 0.3 is 0 Å². The van der Waals surface area contributed by atoms with Gasteiger partial charge in [0.15, 0.2) is 6.61 Å². The first-order chi connectivity index (χ1) is 12.5. The highest BCUT2D eigenvalue weighted by Crippen LogP contribution is 2.21. The fourth-order valence-corrected chi connectivity index (χ4v) is 4.09. The van der Waals surface area contributed by atoms with E-state index in [0.29, 0.717) is 12.0 Å². The molecule has 0 spiro atoms. The van der Waals surface area contributed by atoms with Gasteiger partial charge < -0.3 is 14.5 Å². The van der Waals surface area contributed by atoms with E-state index in [2.05, 4.69) is 23.8 Å². The summed E-state index contributed by atoms with van der Waals surface area (Å²) in [6.07, 6.45) is 2.21. The predicted molar refractivity (Wildman–Crippen MR) is 105 cm³/mol. The number of aryl methyl sites for hydroxylation is 1. The van der Waals surface area contributed by atoms with Crippen LogP contribution in [0.1, 0.15) is 25.3 Å². The van der Waals surface area contributed by atoms with Crippen molar-refractivity contribution in [2.45, 2.75) is 32.7 Å². The molecule has 1 amide bonds. The lowest BCUT2D eigenvalue weighted by Crippen LogP contribution is -2.52. The third kappa shape index (κ3) is 5.21. The van der Waals surface area contributed by atoms with Gasteiger partial charge in [-0.1, -0.05) is 12.1 Å². The minimum absolute atomic E-state index is 0.109. The summed E-state index contributed by atoms with van der Waals surface area (Å²) in [6.45, 7) is 10.9. The first kappa shape index (κ1) is 19.2. The van der Waals surface area contributed by atoms with Gasteiger partial charge in [-0.25, -0.2) is 0 Å². The van der Waals surface area contributed by atoms with Gasteiger partial charge in [-0.05, 0) is 57.4 Å². The first-order valence-electron chi connectivity index (χ1n) is 9.91. The number of hydrogen-bond donors (Lipinski definition) is 0. The summed E-state index contributed by atoms with van der Waals surface area (Å²) >= 11 is 0. The van der Waals surface area contributed by atoms with Gasteiger partial charge in [0, 0.05) is 45.3 Å². The summed E-state index contributed by atoms with van der Waals surface area (Å²) in [5, 5.41) is 0. The van der Waals surface area contributed by atoms with Crippen LogP contribution in [0.15, 0.2) is 24.3 Å². The Labute approximate surface area is 157 Å². The van der Waals surface area contributed by atoms with E-state index in [9.17, 15) is 4.79 Å². The number of ether oxygens (including phenoxy) is 1. The molecular weight excluding hydrogens is 326 g/mol. The zero-order valence-corrected chi connectivity index (χ0v) is 16.5. The number of benzene rings is 1. The van der Waals surface area contributed by atoms with Crippen LogP contribution in [0.5, 0.6) is 5.75 Å². The lowest BCUT2D eigenvalue weighted by molar-refractivity contribution is -0.134. The Kier molecular flexibility index (Phi) is 6.54. The summed E-state index contributed by atoms with van der Waals surface area (Å²) in [6, 6.07) is 8.50. The van der Waals surface area contributed by atoms with Gasteiger partial charge in [0.1, 0.15) is 5.75 Å². The van der Waals surface area contributed by atoms with Crippen molar-refractivity contribution in [2.24, 2.45) is 5.92 Å². The van der Waals surface area contributed by atoms with E-state index in [4.69, 9.17) is 4.74 Å². The molecule has 0 unspecified atom stereocenters. The quantitative estimate of drug-likeness (QED) is 0.808. The van der Waals surface area contributed by atoms with Crippen LogP contribution in [-0.4, -0.2) is 79.6 Å². The standard InChI is InChI=1S/C21H33N3O2/c1-17-5-4-6-20(13-17)26-16-21(25)23-9-7-19(8-10-23)15-24-12-11-22(3)14-18(24)2/h4-6,13,18-19H,7-12,14-16H2,1-3H3/t18-/m0/s1. The van der Waals surface area contributed by atoms with Crippen LogP contribution in [0.4, 0.5) is 0 Å². The number of likely N-dealkylation sites (N-methyl/N-ethyl adjacent to an activating group) is 1. The molecule has 2 aliphatic rings. The molecule has 2 aliphatic heterocycles. The number of piperidine rings is 1. The number of amides is 1. The van der Waals surface area contributed by atoms with Crippen LogP contribution >= 0.6 is 0 Å². The van der Waals surface area contributed by atoms with E-state index in [1.807, 2.05) is 36.1 Å². The largest absolute Gasteiger partial charge is 0.484 e. The van der Waals surface area contributed by atoms with E-state index in [-0.39, 0.29) is 12.5 Å². The lowest BCUT2D eigenvalue weighted by Gasteiger charge is -2.41. The van der Waals surface area contributed by atoms with E-state index in [1.54, 1.807) is 0 Å². The molecule has 3 rings (SSSR count). The Morgan fingerprint density at radius 2 is 1.96 bits per heavy atom. The van der Waals surface area contributed by atoms with Crippen molar-refractivity contribution in [3.05, 3.63) is 29.8 Å². The van der Waals surface area contributed by atoms with Gasteiger partial charge in [0.05, 0.1) is 0 Å². The maximum atomic E-state index is 12.4. The molecular formula is C21H33N3O2. The van der Waals surface area contributed by atoms with Crippen molar-refractivity contribution in [3.63, 3.8) is 0 Å². The van der Waals surface area contributed by atoms with Crippen LogP contribution < -0.4 is 4.74 Å². The fraction of sp³-hybridized carbons (Fsp3) is 0.667. The van der Waals surface area contributed by atoms with Gasteiger partial charge in [-0.2, -0.15) is 0 Å². The van der Waals surface area contributed by atoms with Gasteiger partial charge in [0.25, 0.3) is 5.91 Å². The molecule has 1 aromatic rings. The molecule has 26 heavy (non-hydrogen) atoms. The monoisotopic (exact) mass is 359 g/mol. The van der Waals surface area contributed by atoms with Crippen molar-refractivity contribution in [3.8, 4) is 5.75 Å². The highest BCUT2D eigenvalue weighted by Gasteiger charge is 2.28. The highest BCUT2D eigenvalue weighted by molar-refractivity contribution is 5.77. The minimum Gasteiger partial charge on any atom is -0.484 e. The third-order valence-corrected chi connectivity index (χ3v) is 5.78. The van der Waals surface area contributed by atoms with Crippen molar-refractivity contribution < 1.29 is 9.53 Å². The average molecular weight is 360 g/mol. The summed E-state index contributed by atoms with van der Waals surface area (Å²) < 4.78 is 5.67. The van der Waals surface area contributed by atoms with Crippen molar-refractivity contribution in [2.75, 3.05) is 52.9 Å². The summed E-state index contributed by atoms with van der Waals surface area (Å²) in [5.41, 5.74) is 1.15. The Morgan fingerprint density at radius 1 is 1.19 bits per heavy atom. The second-order valence-corrected chi connectivity index (χ2v) is 8.04. The molecule has 2 heterocycles. The lowest BCUT2D eigenvalue weighted by atomic mass is 9.95. The fourth-order valence-electron chi connectivity index (χ4n) is 4.09. The SMILES string of the molecule is Cc1cccc(OCC(=O)N2CCC(CN3CCN(C)C[C@@H]3C)CC2)c1. The topological polar surface area (TPSA) is 36.0 Å². The molecule has 0 N–H and O–H groups in total. The number of carbonyl (C=O) groups is 1. The zero-order chi connectivity index (χ0) is 18.5. The predicted octanol–water partition coefficient (Wildman–Crippen LogP) is 2.25. The van der Waals surface area contributed by atoms with E-state index in [0.717, 1.165) is 50.3 Å². The van der Waals surface area contributed by atoms with Gasteiger partial charge in [0.2, 0.25) is 0 Å². The Balaban J connectivity index is 1.39. The molecule has 2 saturated heterocycles. The Hall–Kier alpha value is -1.59. The van der Waals surface area contributed by atoms with Crippen LogP contribution in [0.25, 0.3) is 0 Å². The minimum atomic E-state index is 0.109. The molecule has 1 aromatic carbocycles. The number of piperazine rings is 1. The van der Waals surface area contributed by atoms with Crippen molar-refractivity contribution in [1.29, 1.82) is 0 Å². The highest BCUT2D eigenvalue weighted by atomic mass is 16.5. The normalized spacial score (nSPS) is 23.2. The number of hydrogen-bond acceptors (Lipinski definition) is 4. The maximum Gasteiger partial charge on any atom is 0.260 e. The smallest absolute Gasteiger partial charge is 0.260 e. The molecule has 2 fully saturated rings. The molecule has 0 radical (unpaired) electrons. The Bertz CT molecular complexity index is 599. The summed E-state index contributed by atoms with van der Waals surface area (Å²) in [5.74, 6) is 1.60. The number of rotatable bonds is 5. The van der Waals surface area contributed by atoms with Gasteiger partial charge in [-0.3, -0.25) is 9.69 Å². The van der Waals surface area contributed by atoms with Gasteiger partial charge in [-0.15, -0.1) is 0 Å². The summed E-state index contributed by atoms with van der Waals surface area (Å²) in [4.78, 5) is 19.4. The average Bonchev–Trinajstić information content (AvgIpc) is 2.63. The number of nitrogens with zero attached hydrogens (tertiary/aromatic N) is 3.